The van der Waals surface area contributed by atoms with Gasteiger partial charge in [-0.3, -0.25) is 0 Å². The molecule has 0 aliphatic carbocycles. The lowest BCUT2D eigenvalue weighted by molar-refractivity contribution is 1.13. The van der Waals surface area contributed by atoms with E-state index in [4.69, 9.17) is 5.73 Å². The molecule has 1 heterocycles. The summed E-state index contributed by atoms with van der Waals surface area (Å²) in [6, 6.07) is 13.6. The molecule has 2 N–H and O–H groups in total. The zero-order valence-electron chi connectivity index (χ0n) is 8.59. The van der Waals surface area contributed by atoms with E-state index in [0.717, 1.165) is 17.2 Å². The minimum atomic E-state index is 0.760. The second-order valence-electron chi connectivity index (χ2n) is 3.34. The normalized spacial score (nSPS) is 9.93. The van der Waals surface area contributed by atoms with Crippen molar-refractivity contribution in [3.05, 3.63) is 48.7 Å². The van der Waals surface area contributed by atoms with Crippen LogP contribution in [0.5, 0.6) is 0 Å². The Labute approximate surface area is 89.2 Å². The van der Waals surface area contributed by atoms with Crippen molar-refractivity contribution in [2.45, 2.75) is 0 Å². The van der Waals surface area contributed by atoms with Crippen molar-refractivity contribution in [1.29, 1.82) is 0 Å². The van der Waals surface area contributed by atoms with Crippen LogP contribution in [-0.2, 0) is 0 Å². The van der Waals surface area contributed by atoms with Crippen molar-refractivity contribution in [1.82, 2.24) is 4.98 Å². The van der Waals surface area contributed by atoms with E-state index in [0.29, 0.717) is 0 Å². The van der Waals surface area contributed by atoms with Gasteiger partial charge in [-0.25, -0.2) is 4.98 Å². The summed E-state index contributed by atoms with van der Waals surface area (Å²) >= 11 is 0. The van der Waals surface area contributed by atoms with E-state index in [-0.39, 0.29) is 0 Å². The lowest BCUT2D eigenvalue weighted by Crippen LogP contribution is -2.10. The zero-order valence-corrected chi connectivity index (χ0v) is 8.59. The molecule has 15 heavy (non-hydrogen) atoms. The summed E-state index contributed by atoms with van der Waals surface area (Å²) in [6.45, 7) is 0. The number of hydrogen-bond acceptors (Lipinski definition) is 3. The molecule has 0 aliphatic rings. The van der Waals surface area contributed by atoms with Crippen LogP contribution in [0.1, 0.15) is 0 Å². The van der Waals surface area contributed by atoms with Crippen LogP contribution in [0, 0.1) is 0 Å². The first-order chi connectivity index (χ1) is 7.27. The monoisotopic (exact) mass is 199 g/mol. The van der Waals surface area contributed by atoms with Gasteiger partial charge in [-0.2, -0.15) is 0 Å². The number of nitrogens with zero attached hydrogens (tertiary/aromatic N) is 2. The molecule has 0 amide bonds. The van der Waals surface area contributed by atoms with Crippen LogP contribution in [0.3, 0.4) is 0 Å². The molecule has 0 aliphatic heterocycles. The maximum Gasteiger partial charge on any atom is 0.132 e. The Balaban J connectivity index is 2.32. The summed E-state index contributed by atoms with van der Waals surface area (Å²) < 4.78 is 0. The second-order valence-corrected chi connectivity index (χ2v) is 3.34. The molecule has 1 aromatic carbocycles. The third-order valence-electron chi connectivity index (χ3n) is 2.25. The molecule has 0 saturated heterocycles. The molecule has 0 radical (unpaired) electrons. The molecule has 3 heteroatoms. The van der Waals surface area contributed by atoms with Crippen molar-refractivity contribution >= 4 is 17.2 Å². The van der Waals surface area contributed by atoms with Gasteiger partial charge in [0.25, 0.3) is 0 Å². The van der Waals surface area contributed by atoms with Gasteiger partial charge in [0.15, 0.2) is 0 Å². The van der Waals surface area contributed by atoms with Crippen molar-refractivity contribution in [2.75, 3.05) is 17.7 Å². The van der Waals surface area contributed by atoms with Crippen LogP contribution in [0.25, 0.3) is 0 Å². The third kappa shape index (κ3) is 2.07. The standard InChI is InChI=1S/C12H13N3/c1-15(12-7-2-3-8-14-12)11-6-4-5-10(13)9-11/h2-9H,13H2,1H3. The average Bonchev–Trinajstić information content (AvgIpc) is 2.29. The topological polar surface area (TPSA) is 42.1 Å². The fourth-order valence-electron chi connectivity index (χ4n) is 1.42. The Morgan fingerprint density at radius 3 is 2.67 bits per heavy atom. The van der Waals surface area contributed by atoms with Gasteiger partial charge in [0.05, 0.1) is 0 Å². The lowest BCUT2D eigenvalue weighted by Gasteiger charge is -2.18. The summed E-state index contributed by atoms with van der Waals surface area (Å²) in [6.07, 6.45) is 1.78. The molecule has 0 bridgehead atoms. The molecule has 2 aromatic rings. The van der Waals surface area contributed by atoms with Gasteiger partial charge in [-0.15, -0.1) is 0 Å². The number of benzene rings is 1. The maximum atomic E-state index is 5.73. The zero-order chi connectivity index (χ0) is 10.7. The highest BCUT2D eigenvalue weighted by molar-refractivity contribution is 5.63. The van der Waals surface area contributed by atoms with E-state index in [1.165, 1.54) is 0 Å². The van der Waals surface area contributed by atoms with Crippen LogP contribution in [0.4, 0.5) is 17.2 Å². The highest BCUT2D eigenvalue weighted by Gasteiger charge is 2.03. The Morgan fingerprint density at radius 1 is 1.13 bits per heavy atom. The van der Waals surface area contributed by atoms with Gasteiger partial charge in [-0.05, 0) is 30.3 Å². The molecule has 0 unspecified atom stereocenters. The number of nitrogens with two attached hydrogens (primary N) is 1. The van der Waals surface area contributed by atoms with Gasteiger partial charge in [0.2, 0.25) is 0 Å². The first-order valence-electron chi connectivity index (χ1n) is 4.77. The maximum absolute atomic E-state index is 5.73. The molecule has 3 nitrogen and oxygen atoms in total. The van der Waals surface area contributed by atoms with Crippen molar-refractivity contribution in [2.24, 2.45) is 0 Å². The predicted octanol–water partition coefficient (Wildman–Crippen LogP) is 2.43. The molecule has 0 spiro atoms. The highest BCUT2D eigenvalue weighted by atomic mass is 15.2. The number of nitrogen functional groups attached to an aromatic ring is 1. The number of anilines is 3. The number of aromatic nitrogens is 1. The van der Waals surface area contributed by atoms with Gasteiger partial charge in [0.1, 0.15) is 5.82 Å². The SMILES string of the molecule is CN(c1cccc(N)c1)c1ccccn1. The number of pyridine rings is 1. The summed E-state index contributed by atoms with van der Waals surface area (Å²) in [5, 5.41) is 0. The predicted molar refractivity (Wildman–Crippen MR) is 63.2 cm³/mol. The summed E-state index contributed by atoms with van der Waals surface area (Å²) in [5.74, 6) is 0.906. The summed E-state index contributed by atoms with van der Waals surface area (Å²) in [4.78, 5) is 6.27. The van der Waals surface area contributed by atoms with Crippen LogP contribution in [-0.4, -0.2) is 12.0 Å². The van der Waals surface area contributed by atoms with Crippen LogP contribution in [0.15, 0.2) is 48.7 Å². The van der Waals surface area contributed by atoms with Gasteiger partial charge < -0.3 is 10.6 Å². The van der Waals surface area contributed by atoms with E-state index in [9.17, 15) is 0 Å². The molecular formula is C12H13N3. The quantitative estimate of drug-likeness (QED) is 0.755. The van der Waals surface area contributed by atoms with Crippen LogP contribution >= 0.6 is 0 Å². The molecule has 0 saturated carbocycles. The molecule has 2 rings (SSSR count). The van der Waals surface area contributed by atoms with E-state index in [2.05, 4.69) is 4.98 Å². The Morgan fingerprint density at radius 2 is 2.00 bits per heavy atom. The van der Waals surface area contributed by atoms with Crippen molar-refractivity contribution in [3.8, 4) is 0 Å². The van der Waals surface area contributed by atoms with Gasteiger partial charge in [-0.1, -0.05) is 12.1 Å². The Bertz CT molecular complexity index is 440. The van der Waals surface area contributed by atoms with E-state index in [1.54, 1.807) is 6.20 Å². The first kappa shape index (κ1) is 9.52. The Kier molecular flexibility index (Phi) is 2.54. The van der Waals surface area contributed by atoms with E-state index in [1.807, 2.05) is 54.4 Å². The van der Waals surface area contributed by atoms with Crippen molar-refractivity contribution < 1.29 is 0 Å². The highest BCUT2D eigenvalue weighted by Crippen LogP contribution is 2.22. The number of rotatable bonds is 2. The van der Waals surface area contributed by atoms with Gasteiger partial charge >= 0.3 is 0 Å². The summed E-state index contributed by atoms with van der Waals surface area (Å²) in [7, 11) is 1.97. The van der Waals surface area contributed by atoms with Crippen LogP contribution in [0.2, 0.25) is 0 Å². The van der Waals surface area contributed by atoms with E-state index < -0.39 is 0 Å². The smallest absolute Gasteiger partial charge is 0.132 e. The minimum Gasteiger partial charge on any atom is -0.399 e. The number of hydrogen-bond donors (Lipinski definition) is 1. The first-order valence-corrected chi connectivity index (χ1v) is 4.77. The largest absolute Gasteiger partial charge is 0.399 e. The van der Waals surface area contributed by atoms with E-state index >= 15 is 0 Å². The Hall–Kier alpha value is -2.03. The summed E-state index contributed by atoms with van der Waals surface area (Å²) in [5.41, 5.74) is 7.52. The molecular weight excluding hydrogens is 186 g/mol. The molecule has 1 aromatic heterocycles. The second kappa shape index (κ2) is 4.00. The van der Waals surface area contributed by atoms with Crippen molar-refractivity contribution in [3.63, 3.8) is 0 Å². The third-order valence-corrected chi connectivity index (χ3v) is 2.25. The van der Waals surface area contributed by atoms with Crippen LogP contribution < -0.4 is 10.6 Å². The minimum absolute atomic E-state index is 0.760. The van der Waals surface area contributed by atoms with Gasteiger partial charge in [0, 0.05) is 24.6 Å². The lowest BCUT2D eigenvalue weighted by atomic mass is 10.2. The fourth-order valence-corrected chi connectivity index (χ4v) is 1.42. The molecule has 0 atom stereocenters. The fraction of sp³-hybridized carbons (Fsp3) is 0.0833. The average molecular weight is 199 g/mol. The molecule has 76 valence electrons. The molecule has 0 fully saturated rings.